The van der Waals surface area contributed by atoms with Crippen LogP contribution in [0.1, 0.15) is 31.1 Å². The number of urea groups is 1. The van der Waals surface area contributed by atoms with Gasteiger partial charge in [0.1, 0.15) is 6.07 Å². The third-order valence-corrected chi connectivity index (χ3v) is 4.81. The van der Waals surface area contributed by atoms with Crippen LogP contribution in [0.5, 0.6) is 0 Å². The summed E-state index contributed by atoms with van der Waals surface area (Å²) in [7, 11) is 0. The Morgan fingerprint density at radius 1 is 1.24 bits per heavy atom. The van der Waals surface area contributed by atoms with Gasteiger partial charge in [-0.1, -0.05) is 29.8 Å². The van der Waals surface area contributed by atoms with Crippen LogP contribution >= 0.6 is 23.2 Å². The summed E-state index contributed by atoms with van der Waals surface area (Å²) in [6, 6.07) is 7.30. The van der Waals surface area contributed by atoms with E-state index in [2.05, 4.69) is 22.1 Å². The fourth-order valence-electron chi connectivity index (χ4n) is 2.70. The fraction of sp³-hybridized carbons (Fsp3) is 0.211. The molecule has 2 aromatic rings. The first-order valence-electron chi connectivity index (χ1n) is 8.57. The molecule has 29 heavy (non-hydrogen) atoms. The van der Waals surface area contributed by atoms with Gasteiger partial charge in [-0.05, 0) is 37.6 Å². The van der Waals surface area contributed by atoms with Crippen molar-refractivity contribution in [1.29, 1.82) is 5.26 Å². The highest BCUT2D eigenvalue weighted by molar-refractivity contribution is 6.36. The van der Waals surface area contributed by atoms with Crippen LogP contribution in [0.3, 0.4) is 0 Å². The molecule has 10 heteroatoms. The molecular formula is C19H16Cl2N6O2. The molecule has 0 aliphatic carbocycles. The number of hydrogen-bond donors (Lipinski definition) is 1. The highest BCUT2D eigenvalue weighted by Gasteiger charge is 2.25. The molecule has 1 aliphatic heterocycles. The largest absolute Gasteiger partial charge is 0.347 e. The number of benzene rings is 1. The topological polar surface area (TPSA) is 103 Å². The number of halogens is 2. The molecule has 148 valence electrons. The van der Waals surface area contributed by atoms with Crippen molar-refractivity contribution in [2.24, 2.45) is 5.10 Å². The van der Waals surface area contributed by atoms with Crippen LogP contribution in [0.25, 0.3) is 0 Å². The van der Waals surface area contributed by atoms with E-state index >= 15 is 0 Å². The lowest BCUT2D eigenvalue weighted by Gasteiger charge is -2.24. The van der Waals surface area contributed by atoms with Crippen LogP contribution in [-0.4, -0.2) is 21.5 Å². The van der Waals surface area contributed by atoms with E-state index in [1.807, 2.05) is 19.9 Å². The van der Waals surface area contributed by atoms with E-state index in [4.69, 9.17) is 28.5 Å². The van der Waals surface area contributed by atoms with Crippen LogP contribution < -0.4 is 15.9 Å². The zero-order valence-electron chi connectivity index (χ0n) is 15.6. The van der Waals surface area contributed by atoms with E-state index in [0.717, 1.165) is 5.01 Å². The van der Waals surface area contributed by atoms with Crippen LogP contribution in [0, 0.1) is 11.3 Å². The van der Waals surface area contributed by atoms with Crippen molar-refractivity contribution in [3.05, 3.63) is 68.2 Å². The Bertz CT molecular complexity index is 1120. The van der Waals surface area contributed by atoms with Gasteiger partial charge in [0.25, 0.3) is 5.56 Å². The molecule has 0 radical (unpaired) electrons. The average Bonchev–Trinajstić information content (AvgIpc) is 2.65. The van der Waals surface area contributed by atoms with Gasteiger partial charge in [0, 0.05) is 22.5 Å². The minimum Gasteiger partial charge on any atom is -0.304 e. The molecule has 1 aromatic heterocycles. The van der Waals surface area contributed by atoms with Gasteiger partial charge >= 0.3 is 6.03 Å². The average molecular weight is 431 g/mol. The first-order chi connectivity index (χ1) is 13.7. The zero-order chi connectivity index (χ0) is 21.3. The molecule has 0 bridgehead atoms. The number of nitrogens with zero attached hydrogens (tertiary/aromatic N) is 5. The van der Waals surface area contributed by atoms with Crippen molar-refractivity contribution in [3.63, 3.8) is 0 Å². The normalized spacial score (nSPS) is 13.9. The second-order valence-corrected chi connectivity index (χ2v) is 7.36. The summed E-state index contributed by atoms with van der Waals surface area (Å²) >= 11 is 12.8. The number of carbonyl (C=O) groups excluding carboxylic acids is 1. The summed E-state index contributed by atoms with van der Waals surface area (Å²) in [6.07, 6.45) is 0.292. The second kappa shape index (κ2) is 8.07. The summed E-state index contributed by atoms with van der Waals surface area (Å²) in [6.45, 7) is 7.30. The molecule has 1 aliphatic rings. The first-order valence-corrected chi connectivity index (χ1v) is 9.32. The maximum Gasteiger partial charge on any atom is 0.347 e. The quantitative estimate of drug-likeness (QED) is 0.798. The van der Waals surface area contributed by atoms with Crippen LogP contribution in [-0.2, 0) is 6.42 Å². The lowest BCUT2D eigenvalue weighted by molar-refractivity contribution is 0.248. The van der Waals surface area contributed by atoms with Crippen molar-refractivity contribution in [1.82, 2.24) is 15.1 Å². The summed E-state index contributed by atoms with van der Waals surface area (Å²) in [5.74, 6) is 0. The number of carbonyl (C=O) groups is 1. The van der Waals surface area contributed by atoms with Gasteiger partial charge in [0.15, 0.2) is 5.71 Å². The number of allylic oxidation sites excluding steroid dienone is 1. The standard InChI is InChI=1S/C19H16Cl2N6O2/c1-10(2)26-18(28)5-4-12(24-26)6-14-15(20)7-13(8-16(14)21)27-19(29)23-11(3)17(9-22)25-27/h4-5,7-8,10H,3,6H2,1-2H3,(H,23,29). The smallest absolute Gasteiger partial charge is 0.304 e. The molecule has 8 nitrogen and oxygen atoms in total. The maximum atomic E-state index is 12.2. The molecule has 0 saturated carbocycles. The van der Waals surface area contributed by atoms with Crippen molar-refractivity contribution < 1.29 is 4.79 Å². The number of aromatic nitrogens is 2. The minimum atomic E-state index is -0.584. The van der Waals surface area contributed by atoms with E-state index in [1.54, 1.807) is 6.07 Å². The number of hydrazone groups is 1. The van der Waals surface area contributed by atoms with Crippen molar-refractivity contribution in [3.8, 4) is 6.07 Å². The molecule has 3 rings (SSSR count). The van der Waals surface area contributed by atoms with E-state index in [0.29, 0.717) is 33.4 Å². The zero-order valence-corrected chi connectivity index (χ0v) is 17.1. The molecule has 0 spiro atoms. The van der Waals surface area contributed by atoms with Gasteiger partial charge < -0.3 is 5.32 Å². The van der Waals surface area contributed by atoms with Crippen molar-refractivity contribution in [2.75, 3.05) is 5.01 Å². The maximum absolute atomic E-state index is 12.2. The summed E-state index contributed by atoms with van der Waals surface area (Å²) in [4.78, 5) is 24.1. The Morgan fingerprint density at radius 2 is 1.90 bits per heavy atom. The summed E-state index contributed by atoms with van der Waals surface area (Å²) < 4.78 is 1.38. The Morgan fingerprint density at radius 3 is 2.48 bits per heavy atom. The molecule has 1 aromatic carbocycles. The summed E-state index contributed by atoms with van der Waals surface area (Å²) in [5, 5.41) is 21.5. The Hall–Kier alpha value is -3.15. The molecular weight excluding hydrogens is 415 g/mol. The highest BCUT2D eigenvalue weighted by atomic mass is 35.5. The number of nitriles is 1. The van der Waals surface area contributed by atoms with Gasteiger partial charge in [-0.3, -0.25) is 4.79 Å². The SMILES string of the molecule is C=C1NC(=O)N(c2cc(Cl)c(Cc3ccc(=O)n(C(C)C)n3)c(Cl)c2)N=C1C#N. The number of rotatable bonds is 4. The minimum absolute atomic E-state index is 0.0268. The first kappa shape index (κ1) is 20.6. The Labute approximate surface area is 176 Å². The molecule has 2 amide bonds. The molecule has 1 N–H and O–H groups in total. The van der Waals surface area contributed by atoms with Crippen molar-refractivity contribution >= 4 is 40.6 Å². The predicted octanol–water partition coefficient (Wildman–Crippen LogP) is 3.64. The van der Waals surface area contributed by atoms with Gasteiger partial charge in [0.2, 0.25) is 0 Å². The van der Waals surface area contributed by atoms with Gasteiger partial charge in [-0.2, -0.15) is 20.5 Å². The third kappa shape index (κ3) is 4.16. The molecule has 2 heterocycles. The second-order valence-electron chi connectivity index (χ2n) is 6.55. The predicted molar refractivity (Wildman–Crippen MR) is 111 cm³/mol. The number of anilines is 1. The van der Waals surface area contributed by atoms with Crippen LogP contribution in [0.15, 0.2) is 46.4 Å². The van der Waals surface area contributed by atoms with Crippen molar-refractivity contribution in [2.45, 2.75) is 26.3 Å². The Balaban J connectivity index is 1.97. The van der Waals surface area contributed by atoms with Gasteiger partial charge in [-0.15, -0.1) is 0 Å². The van der Waals surface area contributed by atoms with E-state index in [9.17, 15) is 9.59 Å². The van der Waals surface area contributed by atoms with Gasteiger partial charge in [0.05, 0.1) is 23.1 Å². The third-order valence-electron chi connectivity index (χ3n) is 4.14. The molecule has 0 fully saturated rings. The lowest BCUT2D eigenvalue weighted by Crippen LogP contribution is -2.43. The molecule has 0 unspecified atom stereocenters. The highest BCUT2D eigenvalue weighted by Crippen LogP contribution is 2.33. The lowest BCUT2D eigenvalue weighted by atomic mass is 10.1. The molecule has 0 atom stereocenters. The van der Waals surface area contributed by atoms with E-state index in [-0.39, 0.29) is 23.0 Å². The van der Waals surface area contributed by atoms with Crippen LogP contribution in [0.2, 0.25) is 10.0 Å². The molecule has 0 saturated heterocycles. The monoisotopic (exact) mass is 430 g/mol. The van der Waals surface area contributed by atoms with Gasteiger partial charge in [-0.25, -0.2) is 9.48 Å². The number of nitrogens with one attached hydrogen (secondary N) is 1. The van der Waals surface area contributed by atoms with E-state index < -0.39 is 6.03 Å². The number of hydrogen-bond acceptors (Lipinski definition) is 5. The van der Waals surface area contributed by atoms with Crippen LogP contribution in [0.4, 0.5) is 10.5 Å². The number of amides is 2. The Kier molecular flexibility index (Phi) is 5.73. The fourth-order valence-corrected chi connectivity index (χ4v) is 3.31. The van der Waals surface area contributed by atoms with E-state index in [1.165, 1.54) is 22.9 Å². The summed E-state index contributed by atoms with van der Waals surface area (Å²) in [5.41, 5.74) is 1.40.